The zero-order chi connectivity index (χ0) is 9.47. The van der Waals surface area contributed by atoms with E-state index in [1.54, 1.807) is 0 Å². The van der Waals surface area contributed by atoms with Crippen molar-refractivity contribution in [2.75, 3.05) is 13.1 Å². The van der Waals surface area contributed by atoms with Crippen LogP contribution in [0.25, 0.3) is 0 Å². The molecule has 1 amide bonds. The highest BCUT2D eigenvalue weighted by molar-refractivity contribution is 5.66. The highest BCUT2D eigenvalue weighted by Gasteiger charge is 2.53. The Morgan fingerprint density at radius 2 is 2.23 bits per heavy atom. The van der Waals surface area contributed by atoms with Gasteiger partial charge in [-0.3, -0.25) is 0 Å². The average molecular weight is 181 g/mol. The Hall–Kier alpha value is -0.990. The van der Waals surface area contributed by atoms with Crippen LogP contribution in [-0.2, 0) is 0 Å². The first-order valence-electron chi connectivity index (χ1n) is 4.74. The molecule has 1 saturated carbocycles. The van der Waals surface area contributed by atoms with Gasteiger partial charge in [0, 0.05) is 18.5 Å². The van der Waals surface area contributed by atoms with Gasteiger partial charge in [-0.2, -0.15) is 0 Å². The van der Waals surface area contributed by atoms with Gasteiger partial charge in [0.05, 0.1) is 0 Å². The predicted octanol–water partition coefficient (Wildman–Crippen LogP) is 1.95. The van der Waals surface area contributed by atoms with Crippen molar-refractivity contribution in [2.45, 2.75) is 19.3 Å². The topological polar surface area (TPSA) is 40.5 Å². The first-order valence-corrected chi connectivity index (χ1v) is 4.74. The Labute approximate surface area is 78.0 Å². The minimum atomic E-state index is -0.766. The fraction of sp³-hybridized carbons (Fsp3) is 0.700. The number of carbonyl (C=O) groups is 1. The molecule has 2 aliphatic rings. The minimum absolute atomic E-state index is 0.367. The van der Waals surface area contributed by atoms with Gasteiger partial charge in [-0.15, -0.1) is 6.58 Å². The highest BCUT2D eigenvalue weighted by Crippen LogP contribution is 2.52. The minimum Gasteiger partial charge on any atom is -0.465 e. The van der Waals surface area contributed by atoms with Crippen LogP contribution in [-0.4, -0.2) is 29.2 Å². The van der Waals surface area contributed by atoms with Crippen LogP contribution in [0.4, 0.5) is 4.79 Å². The van der Waals surface area contributed by atoms with Gasteiger partial charge in [0.1, 0.15) is 0 Å². The Bertz CT molecular complexity index is 235. The van der Waals surface area contributed by atoms with Crippen molar-refractivity contribution < 1.29 is 9.90 Å². The van der Waals surface area contributed by atoms with E-state index in [0.29, 0.717) is 5.41 Å². The lowest BCUT2D eigenvalue weighted by molar-refractivity contribution is -0.0787. The van der Waals surface area contributed by atoms with Crippen molar-refractivity contribution >= 4 is 6.09 Å². The van der Waals surface area contributed by atoms with E-state index in [9.17, 15) is 4.79 Å². The number of hydrogen-bond acceptors (Lipinski definition) is 1. The molecule has 0 unspecified atom stereocenters. The molecule has 0 aromatic carbocycles. The molecule has 0 aromatic rings. The summed E-state index contributed by atoms with van der Waals surface area (Å²) in [5, 5.41) is 8.66. The summed E-state index contributed by atoms with van der Waals surface area (Å²) < 4.78 is 0. The van der Waals surface area contributed by atoms with Gasteiger partial charge in [-0.05, 0) is 25.2 Å². The molecular formula is C10H15NO2. The largest absolute Gasteiger partial charge is 0.465 e. The highest BCUT2D eigenvalue weighted by atomic mass is 16.4. The first kappa shape index (κ1) is 8.60. The van der Waals surface area contributed by atoms with Gasteiger partial charge in [0.2, 0.25) is 0 Å². The lowest BCUT2D eigenvalue weighted by atomic mass is 9.57. The van der Waals surface area contributed by atoms with Crippen molar-refractivity contribution in [1.82, 2.24) is 4.90 Å². The molecule has 1 saturated heterocycles. The van der Waals surface area contributed by atoms with Crippen molar-refractivity contribution in [3.05, 3.63) is 12.7 Å². The zero-order valence-electron chi connectivity index (χ0n) is 7.70. The smallest absolute Gasteiger partial charge is 0.407 e. The van der Waals surface area contributed by atoms with Crippen LogP contribution in [0.15, 0.2) is 12.7 Å². The van der Waals surface area contributed by atoms with Crippen molar-refractivity contribution in [3.8, 4) is 0 Å². The fourth-order valence-electron chi connectivity index (χ4n) is 2.72. The maximum atomic E-state index is 10.5. The van der Waals surface area contributed by atoms with E-state index < -0.39 is 6.09 Å². The van der Waals surface area contributed by atoms with Crippen LogP contribution in [0, 0.1) is 11.3 Å². The van der Waals surface area contributed by atoms with Crippen molar-refractivity contribution in [2.24, 2.45) is 11.3 Å². The Morgan fingerprint density at radius 1 is 1.62 bits per heavy atom. The number of rotatable bonds is 2. The van der Waals surface area contributed by atoms with Crippen LogP contribution >= 0.6 is 0 Å². The summed E-state index contributed by atoms with van der Waals surface area (Å²) in [6.45, 7) is 5.23. The summed E-state index contributed by atoms with van der Waals surface area (Å²) in [5.74, 6) is 0.772. The molecular weight excluding hydrogens is 166 g/mol. The molecule has 1 aliphatic carbocycles. The summed E-state index contributed by atoms with van der Waals surface area (Å²) in [7, 11) is 0. The summed E-state index contributed by atoms with van der Waals surface area (Å²) in [5.41, 5.74) is 0.367. The summed E-state index contributed by atoms with van der Waals surface area (Å²) in [6, 6.07) is 0. The third-order valence-corrected chi connectivity index (χ3v) is 3.27. The van der Waals surface area contributed by atoms with Crippen LogP contribution in [0.5, 0.6) is 0 Å². The number of allylic oxidation sites excluding steroid dienone is 1. The summed E-state index contributed by atoms with van der Waals surface area (Å²) in [6.07, 6.45) is 4.68. The van der Waals surface area contributed by atoms with Crippen LogP contribution in [0.1, 0.15) is 19.3 Å². The molecule has 1 N–H and O–H groups in total. The third-order valence-electron chi connectivity index (χ3n) is 3.27. The first-order chi connectivity index (χ1) is 6.15. The van der Waals surface area contributed by atoms with E-state index in [1.807, 2.05) is 6.08 Å². The lowest BCUT2D eigenvalue weighted by Crippen LogP contribution is -2.63. The number of carboxylic acid groups (broad SMARTS) is 1. The fourth-order valence-corrected chi connectivity index (χ4v) is 2.72. The Balaban J connectivity index is 1.76. The van der Waals surface area contributed by atoms with Gasteiger partial charge in [0.25, 0.3) is 0 Å². The third kappa shape index (κ3) is 1.32. The molecule has 1 spiro atoms. The van der Waals surface area contributed by atoms with Crippen LogP contribution in [0.2, 0.25) is 0 Å². The molecule has 0 aromatic heterocycles. The molecule has 0 atom stereocenters. The van der Waals surface area contributed by atoms with Crippen LogP contribution in [0.3, 0.4) is 0 Å². The van der Waals surface area contributed by atoms with E-state index in [2.05, 4.69) is 6.58 Å². The van der Waals surface area contributed by atoms with Gasteiger partial charge in [-0.1, -0.05) is 6.08 Å². The average Bonchev–Trinajstić information content (AvgIpc) is 1.90. The monoisotopic (exact) mass is 181 g/mol. The normalized spacial score (nSPS) is 25.1. The molecule has 2 fully saturated rings. The van der Waals surface area contributed by atoms with Crippen LogP contribution < -0.4 is 0 Å². The van der Waals surface area contributed by atoms with E-state index in [0.717, 1.165) is 25.4 Å². The molecule has 2 rings (SSSR count). The SMILES string of the molecule is C=CCC1CC2(C1)CN(C(=O)O)C2. The zero-order valence-corrected chi connectivity index (χ0v) is 7.70. The van der Waals surface area contributed by atoms with E-state index in [4.69, 9.17) is 5.11 Å². The van der Waals surface area contributed by atoms with Crippen molar-refractivity contribution in [3.63, 3.8) is 0 Å². The molecule has 0 bridgehead atoms. The second-order valence-corrected chi connectivity index (χ2v) is 4.44. The van der Waals surface area contributed by atoms with Gasteiger partial charge >= 0.3 is 6.09 Å². The Morgan fingerprint density at radius 3 is 2.69 bits per heavy atom. The molecule has 1 aliphatic heterocycles. The second-order valence-electron chi connectivity index (χ2n) is 4.44. The molecule has 72 valence electrons. The van der Waals surface area contributed by atoms with E-state index >= 15 is 0 Å². The van der Waals surface area contributed by atoms with Gasteiger partial charge < -0.3 is 10.0 Å². The number of nitrogens with zero attached hydrogens (tertiary/aromatic N) is 1. The Kier molecular flexibility index (Phi) is 1.82. The summed E-state index contributed by atoms with van der Waals surface area (Å²) in [4.78, 5) is 12.0. The van der Waals surface area contributed by atoms with Crippen molar-refractivity contribution in [1.29, 1.82) is 0 Å². The standard InChI is InChI=1S/C10H15NO2/c1-2-3-8-4-10(5-8)6-11(7-10)9(12)13/h2,8H,1,3-7H2,(H,12,13). The van der Waals surface area contributed by atoms with Gasteiger partial charge in [0.15, 0.2) is 0 Å². The molecule has 0 radical (unpaired) electrons. The molecule has 1 heterocycles. The van der Waals surface area contributed by atoms with Gasteiger partial charge in [-0.25, -0.2) is 4.79 Å². The number of hydrogen-bond donors (Lipinski definition) is 1. The molecule has 3 nitrogen and oxygen atoms in total. The predicted molar refractivity (Wildman–Crippen MR) is 49.6 cm³/mol. The molecule has 13 heavy (non-hydrogen) atoms. The quantitative estimate of drug-likeness (QED) is 0.661. The number of likely N-dealkylation sites (tertiary alicyclic amines) is 1. The molecule has 3 heteroatoms. The second kappa shape index (κ2) is 2.76. The maximum absolute atomic E-state index is 10.5. The van der Waals surface area contributed by atoms with E-state index in [1.165, 1.54) is 17.7 Å². The summed E-state index contributed by atoms with van der Waals surface area (Å²) >= 11 is 0. The number of amides is 1. The van der Waals surface area contributed by atoms with E-state index in [-0.39, 0.29) is 0 Å². The maximum Gasteiger partial charge on any atom is 0.407 e. The lowest BCUT2D eigenvalue weighted by Gasteiger charge is -2.58.